The van der Waals surface area contributed by atoms with Crippen molar-refractivity contribution in [2.75, 3.05) is 12.4 Å². The highest BCUT2D eigenvalue weighted by molar-refractivity contribution is 5.46. The van der Waals surface area contributed by atoms with Crippen molar-refractivity contribution in [3.8, 4) is 5.75 Å². The van der Waals surface area contributed by atoms with Crippen molar-refractivity contribution in [3.05, 3.63) is 59.2 Å². The Morgan fingerprint density at radius 3 is 2.24 bits per heavy atom. The zero-order valence-electron chi connectivity index (χ0n) is 11.8. The molecule has 0 fully saturated rings. The largest absolute Gasteiger partial charge is 0.496 e. The number of methoxy groups -OCH3 is 1. The van der Waals surface area contributed by atoms with E-state index >= 15 is 0 Å². The minimum atomic E-state index is -4.30. The molecule has 21 heavy (non-hydrogen) atoms. The van der Waals surface area contributed by atoms with Crippen LogP contribution in [0, 0.1) is 6.92 Å². The van der Waals surface area contributed by atoms with E-state index in [0.29, 0.717) is 12.2 Å². The smallest absolute Gasteiger partial charge is 0.416 e. The van der Waals surface area contributed by atoms with Gasteiger partial charge in [0.05, 0.1) is 12.7 Å². The lowest BCUT2D eigenvalue weighted by Crippen LogP contribution is -2.05. The van der Waals surface area contributed by atoms with Crippen LogP contribution < -0.4 is 10.1 Å². The first-order chi connectivity index (χ1) is 9.90. The number of halogens is 3. The lowest BCUT2D eigenvalue weighted by Gasteiger charge is -2.11. The van der Waals surface area contributed by atoms with Gasteiger partial charge in [-0.05, 0) is 48.4 Å². The molecule has 0 saturated carbocycles. The van der Waals surface area contributed by atoms with Gasteiger partial charge in [0, 0.05) is 12.2 Å². The first-order valence-corrected chi connectivity index (χ1v) is 6.45. The van der Waals surface area contributed by atoms with Crippen LogP contribution in [0.3, 0.4) is 0 Å². The summed E-state index contributed by atoms with van der Waals surface area (Å²) in [4.78, 5) is 0. The number of hydrogen-bond acceptors (Lipinski definition) is 2. The Kier molecular flexibility index (Phi) is 4.40. The lowest BCUT2D eigenvalue weighted by atomic mass is 10.1. The van der Waals surface area contributed by atoms with E-state index in [-0.39, 0.29) is 0 Å². The fourth-order valence-corrected chi connectivity index (χ4v) is 2.03. The second-order valence-corrected chi connectivity index (χ2v) is 4.73. The molecule has 0 saturated heterocycles. The van der Waals surface area contributed by atoms with E-state index in [0.717, 1.165) is 29.0 Å². The van der Waals surface area contributed by atoms with Crippen LogP contribution in [0.1, 0.15) is 16.7 Å². The van der Waals surface area contributed by atoms with E-state index in [2.05, 4.69) is 5.32 Å². The van der Waals surface area contributed by atoms with E-state index in [1.165, 1.54) is 12.1 Å². The molecule has 0 heterocycles. The summed E-state index contributed by atoms with van der Waals surface area (Å²) in [6.07, 6.45) is -4.30. The van der Waals surface area contributed by atoms with Gasteiger partial charge >= 0.3 is 6.18 Å². The molecule has 0 aliphatic heterocycles. The number of rotatable bonds is 4. The molecular weight excluding hydrogens is 279 g/mol. The fraction of sp³-hybridized carbons (Fsp3) is 0.250. The molecule has 2 aromatic rings. The molecule has 0 atom stereocenters. The SMILES string of the molecule is COc1ccc(CNc2ccc(C(F)(F)F)cc2)cc1C. The monoisotopic (exact) mass is 295 g/mol. The van der Waals surface area contributed by atoms with Crippen LogP contribution in [0.15, 0.2) is 42.5 Å². The van der Waals surface area contributed by atoms with Crippen molar-refractivity contribution in [3.63, 3.8) is 0 Å². The predicted octanol–water partition coefficient (Wildman–Crippen LogP) is 4.63. The van der Waals surface area contributed by atoms with Crippen LogP contribution in [0.2, 0.25) is 0 Å². The van der Waals surface area contributed by atoms with Crippen LogP contribution in [0.4, 0.5) is 18.9 Å². The van der Waals surface area contributed by atoms with Crippen molar-refractivity contribution in [1.29, 1.82) is 0 Å². The van der Waals surface area contributed by atoms with Gasteiger partial charge in [-0.3, -0.25) is 0 Å². The second-order valence-electron chi connectivity index (χ2n) is 4.73. The quantitative estimate of drug-likeness (QED) is 0.887. The molecule has 112 valence electrons. The number of nitrogens with one attached hydrogen (secondary N) is 1. The molecule has 0 radical (unpaired) electrons. The summed E-state index contributed by atoms with van der Waals surface area (Å²) in [5, 5.41) is 3.10. The van der Waals surface area contributed by atoms with Crippen molar-refractivity contribution in [2.24, 2.45) is 0 Å². The topological polar surface area (TPSA) is 21.3 Å². The summed E-state index contributed by atoms with van der Waals surface area (Å²) in [6.45, 7) is 2.48. The summed E-state index contributed by atoms with van der Waals surface area (Å²) in [5.74, 6) is 0.813. The van der Waals surface area contributed by atoms with Gasteiger partial charge in [0.15, 0.2) is 0 Å². The molecule has 0 amide bonds. The van der Waals surface area contributed by atoms with E-state index in [1.807, 2.05) is 25.1 Å². The number of aryl methyl sites for hydroxylation is 1. The van der Waals surface area contributed by atoms with Crippen LogP contribution in [-0.2, 0) is 12.7 Å². The zero-order chi connectivity index (χ0) is 15.5. The van der Waals surface area contributed by atoms with Gasteiger partial charge < -0.3 is 10.1 Å². The average molecular weight is 295 g/mol. The standard InChI is InChI=1S/C16H16F3NO/c1-11-9-12(3-8-15(11)21-2)10-20-14-6-4-13(5-7-14)16(17,18)19/h3-9,20H,10H2,1-2H3. The van der Waals surface area contributed by atoms with Crippen molar-refractivity contribution >= 4 is 5.69 Å². The summed E-state index contributed by atoms with van der Waals surface area (Å²) >= 11 is 0. The Morgan fingerprint density at radius 2 is 1.71 bits per heavy atom. The maximum absolute atomic E-state index is 12.5. The minimum Gasteiger partial charge on any atom is -0.496 e. The number of alkyl halides is 3. The number of benzene rings is 2. The van der Waals surface area contributed by atoms with Gasteiger partial charge in [-0.15, -0.1) is 0 Å². The van der Waals surface area contributed by atoms with E-state index in [9.17, 15) is 13.2 Å². The molecule has 0 aromatic heterocycles. The summed E-state index contributed by atoms with van der Waals surface area (Å²) in [5.41, 5.74) is 2.06. The average Bonchev–Trinajstić information content (AvgIpc) is 2.45. The normalized spacial score (nSPS) is 11.3. The second kappa shape index (κ2) is 6.08. The number of ether oxygens (including phenoxy) is 1. The Morgan fingerprint density at radius 1 is 1.05 bits per heavy atom. The molecule has 5 heteroatoms. The van der Waals surface area contributed by atoms with Crippen molar-refractivity contribution in [1.82, 2.24) is 0 Å². The van der Waals surface area contributed by atoms with E-state index in [4.69, 9.17) is 4.74 Å². The minimum absolute atomic E-state index is 0.538. The van der Waals surface area contributed by atoms with Crippen molar-refractivity contribution in [2.45, 2.75) is 19.6 Å². The van der Waals surface area contributed by atoms with Gasteiger partial charge in [0.1, 0.15) is 5.75 Å². The van der Waals surface area contributed by atoms with Crippen LogP contribution >= 0.6 is 0 Å². The van der Waals surface area contributed by atoms with E-state index < -0.39 is 11.7 Å². The maximum atomic E-state index is 12.5. The van der Waals surface area contributed by atoms with Gasteiger partial charge in [-0.25, -0.2) is 0 Å². The highest BCUT2D eigenvalue weighted by atomic mass is 19.4. The third kappa shape index (κ3) is 3.90. The summed E-state index contributed by atoms with van der Waals surface area (Å²) in [7, 11) is 1.61. The fourth-order valence-electron chi connectivity index (χ4n) is 2.03. The Labute approximate surface area is 121 Å². The Balaban J connectivity index is 2.01. The van der Waals surface area contributed by atoms with Gasteiger partial charge in [0.25, 0.3) is 0 Å². The molecule has 1 N–H and O–H groups in total. The molecule has 0 bridgehead atoms. The molecule has 2 nitrogen and oxygen atoms in total. The van der Waals surface area contributed by atoms with Crippen LogP contribution in [0.5, 0.6) is 5.75 Å². The predicted molar refractivity (Wildman–Crippen MR) is 76.5 cm³/mol. The highest BCUT2D eigenvalue weighted by Crippen LogP contribution is 2.30. The third-order valence-electron chi connectivity index (χ3n) is 3.17. The van der Waals surface area contributed by atoms with Gasteiger partial charge in [-0.2, -0.15) is 13.2 Å². The molecule has 0 unspecified atom stereocenters. The zero-order valence-corrected chi connectivity index (χ0v) is 11.8. The highest BCUT2D eigenvalue weighted by Gasteiger charge is 2.29. The number of anilines is 1. The molecule has 2 aromatic carbocycles. The van der Waals surface area contributed by atoms with E-state index in [1.54, 1.807) is 7.11 Å². The molecule has 0 aliphatic rings. The van der Waals surface area contributed by atoms with Crippen LogP contribution in [-0.4, -0.2) is 7.11 Å². The molecule has 0 aliphatic carbocycles. The molecule has 0 spiro atoms. The van der Waals surface area contributed by atoms with Crippen molar-refractivity contribution < 1.29 is 17.9 Å². The van der Waals surface area contributed by atoms with Gasteiger partial charge in [0.2, 0.25) is 0 Å². The summed E-state index contributed by atoms with van der Waals surface area (Å²) in [6, 6.07) is 10.8. The van der Waals surface area contributed by atoms with Crippen LogP contribution in [0.25, 0.3) is 0 Å². The molecular formula is C16H16F3NO. The lowest BCUT2D eigenvalue weighted by molar-refractivity contribution is -0.137. The first kappa shape index (κ1) is 15.2. The first-order valence-electron chi connectivity index (χ1n) is 6.45. The Hall–Kier alpha value is -2.17. The number of hydrogen-bond donors (Lipinski definition) is 1. The Bertz CT molecular complexity index is 606. The molecule has 2 rings (SSSR count). The maximum Gasteiger partial charge on any atom is 0.416 e. The van der Waals surface area contributed by atoms with Gasteiger partial charge in [-0.1, -0.05) is 12.1 Å². The third-order valence-corrected chi connectivity index (χ3v) is 3.17. The summed E-state index contributed by atoms with van der Waals surface area (Å²) < 4.78 is 42.5.